The summed E-state index contributed by atoms with van der Waals surface area (Å²) in [5.41, 5.74) is 3.01. The number of aliphatic hydroxyl groups is 1. The van der Waals surface area contributed by atoms with Gasteiger partial charge in [0.15, 0.2) is 0 Å². The Labute approximate surface area is 72.5 Å². The molecule has 0 aliphatic carbocycles. The zero-order chi connectivity index (χ0) is 8.97. The Hall–Kier alpha value is -1.09. The molecule has 0 bridgehead atoms. The van der Waals surface area contributed by atoms with Gasteiger partial charge in [-0.05, 0) is 26.0 Å². The molecule has 0 saturated heterocycles. The number of aromatic nitrogens is 1. The van der Waals surface area contributed by atoms with Gasteiger partial charge in [0.05, 0.1) is 6.61 Å². The van der Waals surface area contributed by atoms with Crippen LogP contribution in [0.4, 0.5) is 5.69 Å². The SMILES string of the molecule is Cc1cc(NCCO)cc(C)n1. The third kappa shape index (κ3) is 2.51. The molecule has 0 aromatic carbocycles. The van der Waals surface area contributed by atoms with E-state index in [2.05, 4.69) is 10.3 Å². The van der Waals surface area contributed by atoms with Gasteiger partial charge in [-0.15, -0.1) is 0 Å². The Balaban J connectivity index is 2.72. The minimum atomic E-state index is 0.153. The molecule has 3 heteroatoms. The van der Waals surface area contributed by atoms with Crippen LogP contribution in [0.25, 0.3) is 0 Å². The van der Waals surface area contributed by atoms with E-state index >= 15 is 0 Å². The van der Waals surface area contributed by atoms with Crippen LogP contribution in [0.3, 0.4) is 0 Å². The summed E-state index contributed by atoms with van der Waals surface area (Å²) in [6.07, 6.45) is 0. The van der Waals surface area contributed by atoms with Crippen molar-refractivity contribution in [2.24, 2.45) is 0 Å². The first-order valence-electron chi connectivity index (χ1n) is 4.02. The first kappa shape index (κ1) is 9.00. The van der Waals surface area contributed by atoms with E-state index in [1.54, 1.807) is 0 Å². The van der Waals surface area contributed by atoms with Gasteiger partial charge in [-0.25, -0.2) is 0 Å². The molecule has 0 unspecified atom stereocenters. The van der Waals surface area contributed by atoms with Crippen LogP contribution in [0.2, 0.25) is 0 Å². The molecule has 0 saturated carbocycles. The van der Waals surface area contributed by atoms with Crippen molar-refractivity contribution in [2.75, 3.05) is 18.5 Å². The summed E-state index contributed by atoms with van der Waals surface area (Å²) in [5, 5.41) is 11.7. The maximum Gasteiger partial charge on any atom is 0.0604 e. The van der Waals surface area contributed by atoms with E-state index in [9.17, 15) is 0 Å². The molecule has 0 aliphatic heterocycles. The lowest BCUT2D eigenvalue weighted by atomic mass is 10.3. The molecule has 66 valence electrons. The summed E-state index contributed by atoms with van der Waals surface area (Å²) in [5.74, 6) is 0. The lowest BCUT2D eigenvalue weighted by molar-refractivity contribution is 0.311. The molecule has 0 fully saturated rings. The van der Waals surface area contributed by atoms with Gasteiger partial charge in [0.2, 0.25) is 0 Å². The van der Waals surface area contributed by atoms with Gasteiger partial charge in [0, 0.05) is 23.6 Å². The van der Waals surface area contributed by atoms with Crippen molar-refractivity contribution >= 4 is 5.69 Å². The monoisotopic (exact) mass is 166 g/mol. The number of rotatable bonds is 3. The highest BCUT2D eigenvalue weighted by Gasteiger charge is 1.94. The van der Waals surface area contributed by atoms with Crippen LogP contribution in [-0.4, -0.2) is 23.2 Å². The molecule has 12 heavy (non-hydrogen) atoms. The molecular formula is C9H14N2O. The molecule has 0 amide bonds. The maximum atomic E-state index is 8.59. The Morgan fingerprint density at radius 1 is 1.33 bits per heavy atom. The number of aryl methyl sites for hydroxylation is 2. The largest absolute Gasteiger partial charge is 0.395 e. The molecule has 3 nitrogen and oxygen atoms in total. The molecule has 1 aromatic heterocycles. The third-order valence-electron chi connectivity index (χ3n) is 1.52. The van der Waals surface area contributed by atoms with Gasteiger partial charge in [-0.2, -0.15) is 0 Å². The highest BCUT2D eigenvalue weighted by Crippen LogP contribution is 2.09. The number of pyridine rings is 1. The van der Waals surface area contributed by atoms with Gasteiger partial charge in [0.25, 0.3) is 0 Å². The molecule has 0 atom stereocenters. The topological polar surface area (TPSA) is 45.1 Å². The average Bonchev–Trinajstić information content (AvgIpc) is 1.99. The van der Waals surface area contributed by atoms with Crippen LogP contribution in [0.1, 0.15) is 11.4 Å². The predicted molar refractivity (Wildman–Crippen MR) is 49.3 cm³/mol. The van der Waals surface area contributed by atoms with Crippen molar-refractivity contribution in [1.29, 1.82) is 0 Å². The lowest BCUT2D eigenvalue weighted by Crippen LogP contribution is -2.06. The van der Waals surface area contributed by atoms with Crippen LogP contribution < -0.4 is 5.32 Å². The zero-order valence-corrected chi connectivity index (χ0v) is 7.46. The Kier molecular flexibility index (Phi) is 3.05. The summed E-state index contributed by atoms with van der Waals surface area (Å²) < 4.78 is 0. The molecule has 0 spiro atoms. The molecule has 1 aromatic rings. The van der Waals surface area contributed by atoms with Gasteiger partial charge in [0.1, 0.15) is 0 Å². The maximum absolute atomic E-state index is 8.59. The van der Waals surface area contributed by atoms with Crippen LogP contribution >= 0.6 is 0 Å². The second-order valence-corrected chi connectivity index (χ2v) is 2.79. The van der Waals surface area contributed by atoms with E-state index in [0.717, 1.165) is 17.1 Å². The minimum absolute atomic E-state index is 0.153. The smallest absolute Gasteiger partial charge is 0.0604 e. The molecule has 2 N–H and O–H groups in total. The Morgan fingerprint density at radius 3 is 2.42 bits per heavy atom. The number of nitrogens with zero attached hydrogens (tertiary/aromatic N) is 1. The standard InChI is InChI=1S/C9H14N2O/c1-7-5-9(10-3-4-12)6-8(2)11-7/h5-6,12H,3-4H2,1-2H3,(H,10,11). The number of hydrogen-bond donors (Lipinski definition) is 2. The number of nitrogens with one attached hydrogen (secondary N) is 1. The van der Waals surface area contributed by atoms with Crippen molar-refractivity contribution in [2.45, 2.75) is 13.8 Å². The number of hydrogen-bond acceptors (Lipinski definition) is 3. The Morgan fingerprint density at radius 2 is 1.92 bits per heavy atom. The van der Waals surface area contributed by atoms with Gasteiger partial charge in [-0.1, -0.05) is 0 Å². The lowest BCUT2D eigenvalue weighted by Gasteiger charge is -2.05. The molecular weight excluding hydrogens is 152 g/mol. The average molecular weight is 166 g/mol. The van der Waals surface area contributed by atoms with Gasteiger partial charge in [-0.3, -0.25) is 4.98 Å². The van der Waals surface area contributed by atoms with Crippen molar-refractivity contribution < 1.29 is 5.11 Å². The second kappa shape index (κ2) is 4.07. The molecule has 0 aliphatic rings. The van der Waals surface area contributed by atoms with Gasteiger partial charge >= 0.3 is 0 Å². The van der Waals surface area contributed by atoms with E-state index in [4.69, 9.17) is 5.11 Å². The normalized spacial score (nSPS) is 9.92. The minimum Gasteiger partial charge on any atom is -0.395 e. The fourth-order valence-electron chi connectivity index (χ4n) is 1.14. The van der Waals surface area contributed by atoms with Crippen LogP contribution in [0.15, 0.2) is 12.1 Å². The fourth-order valence-corrected chi connectivity index (χ4v) is 1.14. The summed E-state index contributed by atoms with van der Waals surface area (Å²) in [4.78, 5) is 4.24. The van der Waals surface area contributed by atoms with E-state index < -0.39 is 0 Å². The summed E-state index contributed by atoms with van der Waals surface area (Å²) in [6, 6.07) is 3.92. The summed E-state index contributed by atoms with van der Waals surface area (Å²) >= 11 is 0. The van der Waals surface area contributed by atoms with Crippen molar-refractivity contribution in [3.05, 3.63) is 23.5 Å². The van der Waals surface area contributed by atoms with Crippen LogP contribution in [-0.2, 0) is 0 Å². The third-order valence-corrected chi connectivity index (χ3v) is 1.52. The van der Waals surface area contributed by atoms with Crippen LogP contribution in [0, 0.1) is 13.8 Å². The summed E-state index contributed by atoms with van der Waals surface area (Å²) in [6.45, 7) is 4.65. The van der Waals surface area contributed by atoms with E-state index in [1.165, 1.54) is 0 Å². The summed E-state index contributed by atoms with van der Waals surface area (Å²) in [7, 11) is 0. The van der Waals surface area contributed by atoms with E-state index in [1.807, 2.05) is 26.0 Å². The quantitative estimate of drug-likeness (QED) is 0.706. The highest BCUT2D eigenvalue weighted by molar-refractivity contribution is 5.44. The predicted octanol–water partition coefficient (Wildman–Crippen LogP) is 1.10. The molecule has 1 heterocycles. The van der Waals surface area contributed by atoms with Crippen LogP contribution in [0.5, 0.6) is 0 Å². The molecule has 0 radical (unpaired) electrons. The van der Waals surface area contributed by atoms with E-state index in [-0.39, 0.29) is 6.61 Å². The van der Waals surface area contributed by atoms with Crippen molar-refractivity contribution in [3.8, 4) is 0 Å². The first-order chi connectivity index (χ1) is 5.72. The van der Waals surface area contributed by atoms with E-state index in [0.29, 0.717) is 6.54 Å². The fraction of sp³-hybridized carbons (Fsp3) is 0.444. The first-order valence-corrected chi connectivity index (χ1v) is 4.02. The van der Waals surface area contributed by atoms with Crippen molar-refractivity contribution in [3.63, 3.8) is 0 Å². The number of aliphatic hydroxyl groups excluding tert-OH is 1. The Bertz CT molecular complexity index is 240. The van der Waals surface area contributed by atoms with Crippen molar-refractivity contribution in [1.82, 2.24) is 4.98 Å². The highest BCUT2D eigenvalue weighted by atomic mass is 16.3. The second-order valence-electron chi connectivity index (χ2n) is 2.79. The zero-order valence-electron chi connectivity index (χ0n) is 7.46. The molecule has 1 rings (SSSR count). The number of anilines is 1. The van der Waals surface area contributed by atoms with Gasteiger partial charge < -0.3 is 10.4 Å².